The molecule has 2 rings (SSSR count). The zero-order chi connectivity index (χ0) is 14.4. The van der Waals surface area contributed by atoms with Gasteiger partial charge < -0.3 is 10.1 Å². The number of anilines is 1. The third kappa shape index (κ3) is 4.28. The molecule has 0 aromatic heterocycles. The van der Waals surface area contributed by atoms with Crippen molar-refractivity contribution >= 4 is 39.3 Å². The van der Waals surface area contributed by atoms with Gasteiger partial charge in [-0.3, -0.25) is 4.79 Å². The average molecular weight is 352 g/mol. The van der Waals surface area contributed by atoms with E-state index in [1.54, 1.807) is 7.11 Å². The van der Waals surface area contributed by atoms with Crippen LogP contribution in [-0.2, 0) is 4.79 Å². The number of rotatable bonds is 5. The summed E-state index contributed by atoms with van der Waals surface area (Å²) in [6, 6.07) is 15.2. The Labute approximate surface area is 130 Å². The van der Waals surface area contributed by atoms with E-state index in [2.05, 4.69) is 21.2 Å². The van der Waals surface area contributed by atoms with Gasteiger partial charge in [0.25, 0.3) is 0 Å². The molecule has 20 heavy (non-hydrogen) atoms. The van der Waals surface area contributed by atoms with Gasteiger partial charge in [-0.2, -0.15) is 0 Å². The molecule has 0 heterocycles. The molecule has 0 spiro atoms. The Morgan fingerprint density at radius 1 is 1.25 bits per heavy atom. The number of hydrogen-bond donors (Lipinski definition) is 1. The second-order valence-corrected chi connectivity index (χ2v) is 5.90. The highest BCUT2D eigenvalue weighted by Crippen LogP contribution is 2.24. The van der Waals surface area contributed by atoms with Crippen LogP contribution in [-0.4, -0.2) is 18.8 Å². The van der Waals surface area contributed by atoms with Crippen LogP contribution in [0.15, 0.2) is 57.9 Å². The van der Waals surface area contributed by atoms with Gasteiger partial charge >= 0.3 is 0 Å². The van der Waals surface area contributed by atoms with Crippen molar-refractivity contribution in [3.8, 4) is 5.75 Å². The van der Waals surface area contributed by atoms with E-state index in [-0.39, 0.29) is 5.91 Å². The third-order valence-corrected chi connectivity index (χ3v) is 4.24. The summed E-state index contributed by atoms with van der Waals surface area (Å²) in [5, 5.41) is 2.87. The number of carbonyl (C=O) groups excluding carboxylic acids is 1. The van der Waals surface area contributed by atoms with Crippen molar-refractivity contribution in [3.05, 3.63) is 53.0 Å². The molecule has 3 nitrogen and oxygen atoms in total. The summed E-state index contributed by atoms with van der Waals surface area (Å²) in [6.07, 6.45) is 0. The second-order valence-electron chi connectivity index (χ2n) is 4.00. The number of methoxy groups -OCH3 is 1. The van der Waals surface area contributed by atoms with Gasteiger partial charge in [0.2, 0.25) is 5.91 Å². The smallest absolute Gasteiger partial charge is 0.234 e. The quantitative estimate of drug-likeness (QED) is 0.820. The van der Waals surface area contributed by atoms with Crippen molar-refractivity contribution in [3.63, 3.8) is 0 Å². The Balaban J connectivity index is 1.90. The van der Waals surface area contributed by atoms with Crippen LogP contribution in [0.5, 0.6) is 5.75 Å². The van der Waals surface area contributed by atoms with Crippen LogP contribution in [0.1, 0.15) is 0 Å². The van der Waals surface area contributed by atoms with Gasteiger partial charge in [-0.1, -0.05) is 18.2 Å². The van der Waals surface area contributed by atoms with E-state index in [1.807, 2.05) is 48.5 Å². The lowest BCUT2D eigenvalue weighted by molar-refractivity contribution is -0.113. The minimum atomic E-state index is -0.0373. The number of ether oxygens (including phenoxy) is 1. The molecule has 0 aliphatic carbocycles. The molecule has 0 saturated heterocycles. The van der Waals surface area contributed by atoms with Crippen molar-refractivity contribution < 1.29 is 9.53 Å². The molecule has 2 aromatic rings. The number of nitrogens with one attached hydrogen (secondary N) is 1. The van der Waals surface area contributed by atoms with Crippen LogP contribution in [0.2, 0.25) is 0 Å². The molecule has 2 aromatic carbocycles. The summed E-state index contributed by atoms with van der Waals surface area (Å²) >= 11 is 4.88. The van der Waals surface area contributed by atoms with Crippen molar-refractivity contribution in [2.75, 3.05) is 18.2 Å². The molecule has 0 atom stereocenters. The summed E-state index contributed by atoms with van der Waals surface area (Å²) in [5.74, 6) is 1.11. The van der Waals surface area contributed by atoms with E-state index in [0.717, 1.165) is 20.8 Å². The Hall–Kier alpha value is -1.46. The first-order chi connectivity index (χ1) is 9.69. The van der Waals surface area contributed by atoms with Gasteiger partial charge in [-0.05, 0) is 46.3 Å². The largest absolute Gasteiger partial charge is 0.497 e. The molecule has 0 aliphatic heterocycles. The molecule has 0 unspecified atom stereocenters. The molecule has 0 radical (unpaired) electrons. The summed E-state index contributed by atoms with van der Waals surface area (Å²) in [5.41, 5.74) is 0.781. The fourth-order valence-corrected chi connectivity index (χ4v) is 2.72. The highest BCUT2D eigenvalue weighted by molar-refractivity contribution is 9.10. The number of halogens is 1. The monoisotopic (exact) mass is 351 g/mol. The van der Waals surface area contributed by atoms with Crippen molar-refractivity contribution in [1.82, 2.24) is 0 Å². The first-order valence-corrected chi connectivity index (χ1v) is 7.78. The SMILES string of the molecule is COc1cccc(SCC(=O)Nc2ccccc2Br)c1. The lowest BCUT2D eigenvalue weighted by atomic mass is 10.3. The number of carbonyl (C=O) groups is 1. The molecular weight excluding hydrogens is 338 g/mol. The van der Waals surface area contributed by atoms with Gasteiger partial charge in [-0.15, -0.1) is 11.8 Å². The van der Waals surface area contributed by atoms with E-state index in [1.165, 1.54) is 11.8 Å². The second kappa shape index (κ2) is 7.36. The number of para-hydroxylation sites is 1. The van der Waals surface area contributed by atoms with Gasteiger partial charge in [0, 0.05) is 9.37 Å². The maximum atomic E-state index is 11.9. The average Bonchev–Trinajstić information content (AvgIpc) is 2.48. The lowest BCUT2D eigenvalue weighted by Crippen LogP contribution is -2.14. The third-order valence-electron chi connectivity index (χ3n) is 2.56. The van der Waals surface area contributed by atoms with Crippen molar-refractivity contribution in [1.29, 1.82) is 0 Å². The Morgan fingerprint density at radius 3 is 2.80 bits per heavy atom. The van der Waals surface area contributed by atoms with E-state index in [0.29, 0.717) is 5.75 Å². The molecule has 0 fully saturated rings. The number of thioether (sulfide) groups is 1. The summed E-state index contributed by atoms with van der Waals surface area (Å²) < 4.78 is 6.03. The van der Waals surface area contributed by atoms with Gasteiger partial charge in [0.15, 0.2) is 0 Å². The molecule has 104 valence electrons. The van der Waals surface area contributed by atoms with Crippen LogP contribution in [0.25, 0.3) is 0 Å². The summed E-state index contributed by atoms with van der Waals surface area (Å²) in [6.45, 7) is 0. The Kier molecular flexibility index (Phi) is 5.49. The first-order valence-electron chi connectivity index (χ1n) is 6.00. The molecule has 1 amide bonds. The molecule has 5 heteroatoms. The van der Waals surface area contributed by atoms with Crippen molar-refractivity contribution in [2.45, 2.75) is 4.90 Å². The summed E-state index contributed by atoms with van der Waals surface area (Å²) in [7, 11) is 1.63. The molecule has 0 bridgehead atoms. The highest BCUT2D eigenvalue weighted by atomic mass is 79.9. The minimum absolute atomic E-state index is 0.0373. The van der Waals surface area contributed by atoms with Crippen LogP contribution in [0.3, 0.4) is 0 Å². The van der Waals surface area contributed by atoms with E-state index in [9.17, 15) is 4.79 Å². The van der Waals surface area contributed by atoms with Crippen LogP contribution in [0.4, 0.5) is 5.69 Å². The maximum Gasteiger partial charge on any atom is 0.234 e. The molecular formula is C15H14BrNO2S. The number of benzene rings is 2. The Bertz CT molecular complexity index is 604. The fourth-order valence-electron chi connectivity index (χ4n) is 1.59. The Morgan fingerprint density at radius 2 is 2.05 bits per heavy atom. The topological polar surface area (TPSA) is 38.3 Å². The van der Waals surface area contributed by atoms with Gasteiger partial charge in [0.05, 0.1) is 18.6 Å². The fraction of sp³-hybridized carbons (Fsp3) is 0.133. The zero-order valence-electron chi connectivity index (χ0n) is 10.9. The number of amides is 1. The first kappa shape index (κ1) is 14.9. The molecule has 0 aliphatic rings. The normalized spacial score (nSPS) is 10.1. The standard InChI is InChI=1S/C15H14BrNO2S/c1-19-11-5-4-6-12(9-11)20-10-15(18)17-14-8-3-2-7-13(14)16/h2-9H,10H2,1H3,(H,17,18). The van der Waals surface area contributed by atoms with E-state index < -0.39 is 0 Å². The summed E-state index contributed by atoms with van der Waals surface area (Å²) in [4.78, 5) is 12.9. The predicted molar refractivity (Wildman–Crippen MR) is 86.5 cm³/mol. The predicted octanol–water partition coefficient (Wildman–Crippen LogP) is 4.19. The maximum absolute atomic E-state index is 11.9. The number of hydrogen-bond acceptors (Lipinski definition) is 3. The minimum Gasteiger partial charge on any atom is -0.497 e. The highest BCUT2D eigenvalue weighted by Gasteiger charge is 2.06. The van der Waals surface area contributed by atoms with Gasteiger partial charge in [-0.25, -0.2) is 0 Å². The van der Waals surface area contributed by atoms with Crippen LogP contribution < -0.4 is 10.1 Å². The lowest BCUT2D eigenvalue weighted by Gasteiger charge is -2.07. The van der Waals surface area contributed by atoms with Crippen molar-refractivity contribution in [2.24, 2.45) is 0 Å². The van der Waals surface area contributed by atoms with E-state index in [4.69, 9.17) is 4.74 Å². The van der Waals surface area contributed by atoms with E-state index >= 15 is 0 Å². The van der Waals surface area contributed by atoms with Gasteiger partial charge in [0.1, 0.15) is 5.75 Å². The van der Waals surface area contributed by atoms with Crippen LogP contribution >= 0.6 is 27.7 Å². The van der Waals surface area contributed by atoms with Crippen LogP contribution in [0, 0.1) is 0 Å². The zero-order valence-corrected chi connectivity index (χ0v) is 13.3. The molecule has 0 saturated carbocycles. The molecule has 1 N–H and O–H groups in total.